The van der Waals surface area contributed by atoms with Crippen molar-refractivity contribution in [3.05, 3.63) is 22.4 Å². The predicted octanol–water partition coefficient (Wildman–Crippen LogP) is 2.03. The van der Waals surface area contributed by atoms with Gasteiger partial charge in [0.1, 0.15) is 0 Å². The smallest absolute Gasteiger partial charge is 0.227 e. The Bertz CT molecular complexity index is 394. The predicted molar refractivity (Wildman–Crippen MR) is 73.8 cm³/mol. The summed E-state index contributed by atoms with van der Waals surface area (Å²) in [5.41, 5.74) is 1.16. The average molecular weight is 264 g/mol. The summed E-state index contributed by atoms with van der Waals surface area (Å²) in [6.07, 6.45) is 5.44. The van der Waals surface area contributed by atoms with Crippen molar-refractivity contribution in [2.45, 2.75) is 44.2 Å². The molecule has 0 spiro atoms. The number of carbonyl (C=O) groups excluding carboxylic acids is 1. The number of nitrogens with zero attached hydrogens (tertiary/aromatic N) is 1. The van der Waals surface area contributed by atoms with E-state index in [1.165, 1.54) is 25.7 Å². The lowest BCUT2D eigenvalue weighted by Gasteiger charge is -2.25. The summed E-state index contributed by atoms with van der Waals surface area (Å²) in [7, 11) is 0. The molecule has 1 aromatic heterocycles. The van der Waals surface area contributed by atoms with Crippen molar-refractivity contribution >= 4 is 17.2 Å². The van der Waals surface area contributed by atoms with E-state index < -0.39 is 0 Å². The Labute approximate surface area is 112 Å². The van der Waals surface area contributed by atoms with E-state index in [9.17, 15) is 4.79 Å². The van der Waals surface area contributed by atoms with Crippen LogP contribution in [0.15, 0.2) is 16.8 Å². The topological polar surface area (TPSA) is 32.3 Å². The maximum absolute atomic E-state index is 12.4. The van der Waals surface area contributed by atoms with Crippen LogP contribution in [0.5, 0.6) is 0 Å². The van der Waals surface area contributed by atoms with Crippen molar-refractivity contribution in [3.63, 3.8) is 0 Å². The molecule has 1 aromatic rings. The van der Waals surface area contributed by atoms with Gasteiger partial charge in [0.2, 0.25) is 5.91 Å². The van der Waals surface area contributed by atoms with Crippen molar-refractivity contribution in [2.75, 3.05) is 13.1 Å². The minimum atomic E-state index is 0.310. The van der Waals surface area contributed by atoms with E-state index in [1.807, 2.05) is 5.38 Å². The lowest BCUT2D eigenvalue weighted by molar-refractivity contribution is -0.131. The third-order valence-electron chi connectivity index (χ3n) is 3.82. The van der Waals surface area contributed by atoms with Crippen molar-refractivity contribution in [1.82, 2.24) is 10.2 Å². The number of nitrogens with one attached hydrogen (secondary N) is 1. The summed E-state index contributed by atoms with van der Waals surface area (Å²) in [5.74, 6) is 0.310. The quantitative estimate of drug-likeness (QED) is 0.882. The molecule has 1 N–H and O–H groups in total. The summed E-state index contributed by atoms with van der Waals surface area (Å²) >= 11 is 1.67. The van der Waals surface area contributed by atoms with Gasteiger partial charge in [0.05, 0.1) is 6.42 Å². The van der Waals surface area contributed by atoms with Gasteiger partial charge in [0, 0.05) is 18.6 Å². The Balaban J connectivity index is 1.59. The molecular weight excluding hydrogens is 244 g/mol. The number of amides is 1. The number of carbonyl (C=O) groups is 1. The Morgan fingerprint density at radius 3 is 2.94 bits per heavy atom. The highest BCUT2D eigenvalue weighted by molar-refractivity contribution is 7.07. The molecule has 1 atom stereocenters. The molecule has 2 heterocycles. The van der Waals surface area contributed by atoms with Gasteiger partial charge >= 0.3 is 0 Å². The summed E-state index contributed by atoms with van der Waals surface area (Å²) < 4.78 is 0. The number of rotatable bonds is 5. The number of thiophene rings is 1. The second-order valence-electron chi connectivity index (χ2n) is 5.38. The minimum Gasteiger partial charge on any atom is -0.338 e. The van der Waals surface area contributed by atoms with Gasteiger partial charge in [-0.2, -0.15) is 11.3 Å². The summed E-state index contributed by atoms with van der Waals surface area (Å²) in [4.78, 5) is 14.5. The Morgan fingerprint density at radius 2 is 2.33 bits per heavy atom. The fraction of sp³-hybridized carbons (Fsp3) is 0.643. The second-order valence-corrected chi connectivity index (χ2v) is 6.16. The number of hydrogen-bond acceptors (Lipinski definition) is 3. The van der Waals surface area contributed by atoms with Crippen LogP contribution in [0, 0.1) is 0 Å². The van der Waals surface area contributed by atoms with Gasteiger partial charge in [-0.15, -0.1) is 0 Å². The van der Waals surface area contributed by atoms with Gasteiger partial charge in [-0.1, -0.05) is 0 Å². The fourth-order valence-electron chi connectivity index (χ4n) is 2.66. The van der Waals surface area contributed by atoms with Gasteiger partial charge in [-0.3, -0.25) is 4.79 Å². The van der Waals surface area contributed by atoms with Gasteiger partial charge in [-0.25, -0.2) is 0 Å². The summed E-state index contributed by atoms with van der Waals surface area (Å²) in [5, 5.41) is 7.62. The zero-order valence-electron chi connectivity index (χ0n) is 10.6. The van der Waals surface area contributed by atoms with Crippen LogP contribution in [0.1, 0.15) is 31.2 Å². The van der Waals surface area contributed by atoms with E-state index >= 15 is 0 Å². The Hall–Kier alpha value is -0.870. The highest BCUT2D eigenvalue weighted by atomic mass is 32.1. The Morgan fingerprint density at radius 1 is 1.44 bits per heavy atom. The van der Waals surface area contributed by atoms with Gasteiger partial charge in [0.25, 0.3) is 0 Å². The third kappa shape index (κ3) is 2.93. The van der Waals surface area contributed by atoms with E-state index in [0.717, 1.165) is 18.7 Å². The molecular formula is C14H20N2OS. The first-order chi connectivity index (χ1) is 8.83. The molecule has 1 aliphatic carbocycles. The van der Waals surface area contributed by atoms with Gasteiger partial charge in [-0.05, 0) is 54.6 Å². The first kappa shape index (κ1) is 12.2. The van der Waals surface area contributed by atoms with Crippen molar-refractivity contribution in [3.8, 4) is 0 Å². The maximum atomic E-state index is 12.4. The fourth-order valence-corrected chi connectivity index (χ4v) is 3.33. The molecule has 1 amide bonds. The van der Waals surface area contributed by atoms with Crippen LogP contribution in [-0.2, 0) is 11.2 Å². The molecule has 1 saturated carbocycles. The van der Waals surface area contributed by atoms with Crippen molar-refractivity contribution in [1.29, 1.82) is 0 Å². The van der Waals surface area contributed by atoms with Crippen LogP contribution in [0.4, 0.5) is 0 Å². The van der Waals surface area contributed by atoms with E-state index in [0.29, 0.717) is 24.4 Å². The standard InChI is InChI=1S/C14H20N2OS/c17-14(8-11-5-7-18-10-11)16(13-3-4-13)9-12-2-1-6-15-12/h5,7,10,12-13,15H,1-4,6,8-9H2. The molecule has 18 heavy (non-hydrogen) atoms. The molecule has 1 aliphatic heterocycles. The van der Waals surface area contributed by atoms with Crippen molar-refractivity contribution < 1.29 is 4.79 Å². The molecule has 2 aliphatic rings. The first-order valence-corrected chi connectivity index (χ1v) is 7.81. The van der Waals surface area contributed by atoms with Crippen LogP contribution in [-0.4, -0.2) is 36.0 Å². The largest absolute Gasteiger partial charge is 0.338 e. The van der Waals surface area contributed by atoms with Crippen molar-refractivity contribution in [2.24, 2.45) is 0 Å². The normalized spacial score (nSPS) is 23.2. The van der Waals surface area contributed by atoms with Crippen LogP contribution in [0.25, 0.3) is 0 Å². The highest BCUT2D eigenvalue weighted by Crippen LogP contribution is 2.28. The maximum Gasteiger partial charge on any atom is 0.227 e. The summed E-state index contributed by atoms with van der Waals surface area (Å²) in [6, 6.07) is 3.11. The first-order valence-electron chi connectivity index (χ1n) is 6.87. The zero-order chi connectivity index (χ0) is 12.4. The third-order valence-corrected chi connectivity index (χ3v) is 4.55. The van der Waals surface area contributed by atoms with E-state index in [4.69, 9.17) is 0 Å². The lowest BCUT2D eigenvalue weighted by atomic mass is 10.1. The SMILES string of the molecule is O=C(Cc1ccsc1)N(CC1CCCN1)C1CC1. The van der Waals surface area contributed by atoms with Crippen LogP contribution < -0.4 is 5.32 Å². The van der Waals surface area contributed by atoms with Crippen LogP contribution in [0.2, 0.25) is 0 Å². The average Bonchev–Trinajstić information content (AvgIpc) is 2.87. The van der Waals surface area contributed by atoms with Gasteiger partial charge < -0.3 is 10.2 Å². The molecule has 0 bridgehead atoms. The molecule has 2 fully saturated rings. The van der Waals surface area contributed by atoms with Crippen LogP contribution in [0.3, 0.4) is 0 Å². The molecule has 1 unspecified atom stereocenters. The monoisotopic (exact) mass is 264 g/mol. The van der Waals surface area contributed by atoms with E-state index in [-0.39, 0.29) is 0 Å². The lowest BCUT2D eigenvalue weighted by Crippen LogP contribution is -2.43. The summed E-state index contributed by atoms with van der Waals surface area (Å²) in [6.45, 7) is 2.02. The zero-order valence-corrected chi connectivity index (χ0v) is 11.4. The van der Waals surface area contributed by atoms with Crippen LogP contribution >= 0.6 is 11.3 Å². The minimum absolute atomic E-state index is 0.310. The van der Waals surface area contributed by atoms with E-state index in [2.05, 4.69) is 21.7 Å². The highest BCUT2D eigenvalue weighted by Gasteiger charge is 2.34. The molecule has 0 aromatic carbocycles. The molecule has 4 heteroatoms. The molecule has 3 nitrogen and oxygen atoms in total. The molecule has 98 valence electrons. The number of hydrogen-bond donors (Lipinski definition) is 1. The molecule has 1 saturated heterocycles. The van der Waals surface area contributed by atoms with E-state index in [1.54, 1.807) is 11.3 Å². The Kier molecular flexibility index (Phi) is 3.66. The molecule has 3 rings (SSSR count). The van der Waals surface area contributed by atoms with Gasteiger partial charge in [0.15, 0.2) is 0 Å². The second kappa shape index (κ2) is 5.41. The molecule has 0 radical (unpaired) electrons.